The lowest BCUT2D eigenvalue weighted by molar-refractivity contribution is -0.116. The second-order valence-electron chi connectivity index (χ2n) is 2.46. The summed E-state index contributed by atoms with van der Waals surface area (Å²) < 4.78 is 0. The van der Waals surface area contributed by atoms with Gasteiger partial charge in [-0.1, -0.05) is 23.2 Å². The van der Waals surface area contributed by atoms with Crippen LogP contribution in [-0.2, 0) is 11.2 Å². The van der Waals surface area contributed by atoms with E-state index in [1.54, 1.807) is 6.07 Å². The van der Waals surface area contributed by atoms with Crippen molar-refractivity contribution in [3.05, 3.63) is 28.0 Å². The van der Waals surface area contributed by atoms with E-state index in [0.717, 1.165) is 0 Å². The van der Waals surface area contributed by atoms with E-state index in [0.29, 0.717) is 15.7 Å². The molecule has 5 heteroatoms. The lowest BCUT2D eigenvalue weighted by Crippen LogP contribution is -2.05. The monoisotopic (exact) mass is 235 g/mol. The van der Waals surface area contributed by atoms with E-state index in [1.165, 1.54) is 6.20 Å². The van der Waals surface area contributed by atoms with Gasteiger partial charge in [-0.25, -0.2) is 0 Å². The van der Waals surface area contributed by atoms with Gasteiger partial charge in [-0.15, -0.1) is 0 Å². The van der Waals surface area contributed by atoms with Crippen molar-refractivity contribution in [2.75, 3.05) is 5.75 Å². The van der Waals surface area contributed by atoms with E-state index in [-0.39, 0.29) is 18.0 Å². The maximum atomic E-state index is 11.0. The molecule has 1 aromatic heterocycles. The van der Waals surface area contributed by atoms with Gasteiger partial charge in [0.15, 0.2) is 0 Å². The molecular formula is C8H7Cl2NOS. The van der Waals surface area contributed by atoms with Crippen molar-refractivity contribution in [1.82, 2.24) is 4.98 Å². The predicted molar refractivity (Wildman–Crippen MR) is 56.8 cm³/mol. The second-order valence-corrected chi connectivity index (χ2v) is 3.62. The van der Waals surface area contributed by atoms with Crippen LogP contribution in [0.5, 0.6) is 0 Å². The fourth-order valence-corrected chi connectivity index (χ4v) is 1.37. The Balaban J connectivity index is 2.83. The van der Waals surface area contributed by atoms with E-state index < -0.39 is 0 Å². The zero-order chi connectivity index (χ0) is 9.84. The van der Waals surface area contributed by atoms with Crippen LogP contribution in [0.1, 0.15) is 5.69 Å². The van der Waals surface area contributed by atoms with Crippen LogP contribution in [0, 0.1) is 0 Å². The first-order valence-electron chi connectivity index (χ1n) is 3.56. The number of Topliss-reactive ketones (excluding diaryl/α,β-unsaturated/α-hetero) is 1. The maximum absolute atomic E-state index is 11.0. The number of ketones is 1. The number of carbonyl (C=O) groups excluding carboxylic acids is 1. The molecule has 0 aliphatic carbocycles. The number of hydrogen-bond donors (Lipinski definition) is 1. The molecule has 0 saturated heterocycles. The Kier molecular flexibility index (Phi) is 4.03. The fourth-order valence-electron chi connectivity index (χ4n) is 0.816. The molecule has 0 spiro atoms. The van der Waals surface area contributed by atoms with Crippen molar-refractivity contribution < 1.29 is 4.79 Å². The fraction of sp³-hybridized carbons (Fsp3) is 0.250. The molecule has 1 aromatic rings. The van der Waals surface area contributed by atoms with Crippen LogP contribution in [0.25, 0.3) is 0 Å². The highest BCUT2D eigenvalue weighted by Crippen LogP contribution is 2.18. The van der Waals surface area contributed by atoms with Crippen LogP contribution in [0.3, 0.4) is 0 Å². The highest BCUT2D eigenvalue weighted by Gasteiger charge is 2.07. The van der Waals surface area contributed by atoms with Crippen molar-refractivity contribution in [2.45, 2.75) is 6.42 Å². The molecule has 2 nitrogen and oxygen atoms in total. The number of aromatic nitrogens is 1. The number of pyridine rings is 1. The summed E-state index contributed by atoms with van der Waals surface area (Å²) in [5, 5.41) is 0.884. The van der Waals surface area contributed by atoms with Crippen LogP contribution in [0.15, 0.2) is 12.3 Å². The summed E-state index contributed by atoms with van der Waals surface area (Å²) in [6, 6.07) is 1.57. The highest BCUT2D eigenvalue weighted by atomic mass is 35.5. The third-order valence-corrected chi connectivity index (χ3v) is 2.31. The summed E-state index contributed by atoms with van der Waals surface area (Å²) in [7, 11) is 0. The van der Waals surface area contributed by atoms with Gasteiger partial charge in [0.1, 0.15) is 5.78 Å². The summed E-state index contributed by atoms with van der Waals surface area (Å²) in [6.07, 6.45) is 1.67. The largest absolute Gasteiger partial charge is 0.298 e. The van der Waals surface area contributed by atoms with Crippen molar-refractivity contribution >= 4 is 41.6 Å². The molecule has 0 amide bonds. The quantitative estimate of drug-likeness (QED) is 0.817. The smallest absolute Gasteiger partial charge is 0.148 e. The molecule has 0 radical (unpaired) electrons. The van der Waals surface area contributed by atoms with Gasteiger partial charge in [0.05, 0.1) is 22.2 Å². The van der Waals surface area contributed by atoms with Gasteiger partial charge in [0, 0.05) is 11.9 Å². The van der Waals surface area contributed by atoms with Gasteiger partial charge in [0.2, 0.25) is 0 Å². The zero-order valence-corrected chi connectivity index (χ0v) is 9.03. The van der Waals surface area contributed by atoms with E-state index in [1.807, 2.05) is 0 Å². The van der Waals surface area contributed by atoms with Gasteiger partial charge in [-0.05, 0) is 6.07 Å². The van der Waals surface area contributed by atoms with E-state index in [9.17, 15) is 4.79 Å². The molecule has 0 aromatic carbocycles. The molecule has 0 bridgehead atoms. The van der Waals surface area contributed by atoms with Crippen molar-refractivity contribution in [3.8, 4) is 0 Å². The predicted octanol–water partition coefficient (Wildman–Crippen LogP) is 2.43. The number of thiol groups is 1. The first-order chi connectivity index (χ1) is 6.13. The molecule has 0 N–H and O–H groups in total. The lowest BCUT2D eigenvalue weighted by Gasteiger charge is -2.00. The first-order valence-corrected chi connectivity index (χ1v) is 4.95. The van der Waals surface area contributed by atoms with E-state index >= 15 is 0 Å². The summed E-state index contributed by atoms with van der Waals surface area (Å²) in [6.45, 7) is 0. The topological polar surface area (TPSA) is 30.0 Å². The van der Waals surface area contributed by atoms with Crippen LogP contribution >= 0.6 is 35.8 Å². The Bertz CT molecular complexity index is 330. The standard InChI is InChI=1S/C8H7Cl2NOS/c9-5-1-7(10)8(11-3-5)2-6(12)4-13/h1,3,13H,2,4H2. The van der Waals surface area contributed by atoms with Gasteiger partial charge < -0.3 is 0 Å². The van der Waals surface area contributed by atoms with E-state index in [2.05, 4.69) is 17.6 Å². The average Bonchev–Trinajstić information content (AvgIpc) is 2.09. The van der Waals surface area contributed by atoms with Gasteiger partial charge >= 0.3 is 0 Å². The van der Waals surface area contributed by atoms with Crippen LogP contribution in [0.2, 0.25) is 10.0 Å². The number of nitrogens with zero attached hydrogens (tertiary/aromatic N) is 1. The van der Waals surface area contributed by atoms with Crippen LogP contribution in [0.4, 0.5) is 0 Å². The third-order valence-electron chi connectivity index (χ3n) is 1.42. The number of carbonyl (C=O) groups is 1. The van der Waals surface area contributed by atoms with Crippen LogP contribution in [-0.4, -0.2) is 16.5 Å². The molecule has 0 aliphatic rings. The lowest BCUT2D eigenvalue weighted by atomic mass is 10.2. The highest BCUT2D eigenvalue weighted by molar-refractivity contribution is 7.81. The van der Waals surface area contributed by atoms with Gasteiger partial charge in [-0.2, -0.15) is 12.6 Å². The number of halogens is 2. The molecule has 70 valence electrons. The molecule has 1 heterocycles. The Morgan fingerprint density at radius 2 is 2.23 bits per heavy atom. The third kappa shape index (κ3) is 3.18. The SMILES string of the molecule is O=C(CS)Cc1ncc(Cl)cc1Cl. The maximum Gasteiger partial charge on any atom is 0.148 e. The normalized spacial score (nSPS) is 10.1. The zero-order valence-electron chi connectivity index (χ0n) is 6.63. The molecule has 0 atom stereocenters. The van der Waals surface area contributed by atoms with Crippen molar-refractivity contribution in [1.29, 1.82) is 0 Å². The molecular weight excluding hydrogens is 229 g/mol. The minimum atomic E-state index is -0.0138. The molecule has 0 saturated carbocycles. The Labute approximate surface area is 91.7 Å². The number of rotatable bonds is 3. The number of hydrogen-bond acceptors (Lipinski definition) is 3. The Hall–Kier alpha value is -0.250. The molecule has 0 aliphatic heterocycles. The minimum absolute atomic E-state index is 0.0138. The first kappa shape index (κ1) is 10.8. The van der Waals surface area contributed by atoms with Gasteiger partial charge in [-0.3, -0.25) is 9.78 Å². The Morgan fingerprint density at radius 1 is 1.54 bits per heavy atom. The Morgan fingerprint density at radius 3 is 2.77 bits per heavy atom. The summed E-state index contributed by atoms with van der Waals surface area (Å²) in [5.74, 6) is 0.181. The van der Waals surface area contributed by atoms with Crippen LogP contribution < -0.4 is 0 Å². The minimum Gasteiger partial charge on any atom is -0.298 e. The van der Waals surface area contributed by atoms with Crippen molar-refractivity contribution in [3.63, 3.8) is 0 Å². The molecule has 13 heavy (non-hydrogen) atoms. The second kappa shape index (κ2) is 4.84. The van der Waals surface area contributed by atoms with Crippen molar-refractivity contribution in [2.24, 2.45) is 0 Å². The van der Waals surface area contributed by atoms with E-state index in [4.69, 9.17) is 23.2 Å². The molecule has 0 fully saturated rings. The molecule has 1 rings (SSSR count). The van der Waals surface area contributed by atoms with Gasteiger partial charge in [0.25, 0.3) is 0 Å². The molecule has 0 unspecified atom stereocenters. The summed E-state index contributed by atoms with van der Waals surface area (Å²) in [5.41, 5.74) is 0.546. The summed E-state index contributed by atoms with van der Waals surface area (Å²) >= 11 is 15.3. The average molecular weight is 236 g/mol. The summed E-state index contributed by atoms with van der Waals surface area (Å²) in [4.78, 5) is 15.0.